The van der Waals surface area contributed by atoms with Crippen molar-refractivity contribution < 1.29 is 8.42 Å². The van der Waals surface area contributed by atoms with E-state index in [1.165, 1.54) is 18.2 Å². The number of hydrogen-bond acceptors (Lipinski definition) is 3. The molecule has 106 valence electrons. The lowest BCUT2D eigenvalue weighted by Gasteiger charge is -2.10. The Morgan fingerprint density at radius 3 is 2.45 bits per heavy atom. The highest BCUT2D eigenvalue weighted by Crippen LogP contribution is 2.23. The van der Waals surface area contributed by atoms with E-state index >= 15 is 0 Å². The number of nitrogens with two attached hydrogens (primary N) is 1. The predicted molar refractivity (Wildman–Crippen MR) is 81.3 cm³/mol. The fraction of sp³-hybridized carbons (Fsp3) is 0.0769. The Labute approximate surface area is 127 Å². The fourth-order valence-electron chi connectivity index (χ4n) is 1.66. The molecule has 7 heteroatoms. The monoisotopic (exact) mass is 330 g/mol. The van der Waals surface area contributed by atoms with E-state index in [2.05, 4.69) is 4.72 Å². The minimum atomic E-state index is -3.71. The zero-order valence-electron chi connectivity index (χ0n) is 10.3. The number of halogens is 2. The van der Waals surface area contributed by atoms with E-state index in [9.17, 15) is 8.42 Å². The fourth-order valence-corrected chi connectivity index (χ4v) is 3.16. The number of hydrogen-bond donors (Lipinski definition) is 2. The summed E-state index contributed by atoms with van der Waals surface area (Å²) < 4.78 is 26.8. The van der Waals surface area contributed by atoms with Crippen molar-refractivity contribution in [3.63, 3.8) is 0 Å². The van der Waals surface area contributed by atoms with Gasteiger partial charge in [0.25, 0.3) is 0 Å². The van der Waals surface area contributed by atoms with Crippen LogP contribution in [0.3, 0.4) is 0 Å². The summed E-state index contributed by atoms with van der Waals surface area (Å²) in [4.78, 5) is -0.00560. The third-order valence-electron chi connectivity index (χ3n) is 2.67. The normalized spacial score (nSPS) is 11.5. The van der Waals surface area contributed by atoms with Gasteiger partial charge in [0, 0.05) is 16.6 Å². The maximum Gasteiger partial charge on any atom is 0.242 e. The molecule has 0 amide bonds. The number of nitrogen functional groups attached to an aromatic ring is 1. The smallest absolute Gasteiger partial charge is 0.242 e. The largest absolute Gasteiger partial charge is 0.398 e. The van der Waals surface area contributed by atoms with Gasteiger partial charge in [-0.05, 0) is 29.8 Å². The Morgan fingerprint density at radius 2 is 1.80 bits per heavy atom. The molecule has 0 spiro atoms. The predicted octanol–water partition coefficient (Wildman–Crippen LogP) is 3.05. The Kier molecular flexibility index (Phi) is 4.55. The molecule has 0 heterocycles. The van der Waals surface area contributed by atoms with Crippen LogP contribution >= 0.6 is 23.2 Å². The van der Waals surface area contributed by atoms with Crippen LogP contribution in [0.15, 0.2) is 47.4 Å². The molecule has 3 N–H and O–H groups in total. The first-order valence-electron chi connectivity index (χ1n) is 5.68. The molecule has 0 aromatic heterocycles. The van der Waals surface area contributed by atoms with E-state index in [0.29, 0.717) is 15.6 Å². The van der Waals surface area contributed by atoms with Crippen LogP contribution in [-0.2, 0) is 16.6 Å². The highest BCUT2D eigenvalue weighted by molar-refractivity contribution is 7.89. The summed E-state index contributed by atoms with van der Waals surface area (Å²) in [5.41, 5.74) is 6.46. The zero-order chi connectivity index (χ0) is 14.8. The van der Waals surface area contributed by atoms with Crippen molar-refractivity contribution in [2.24, 2.45) is 0 Å². The maximum atomic E-state index is 12.2. The molecule has 2 aromatic carbocycles. The maximum absolute atomic E-state index is 12.2. The van der Waals surface area contributed by atoms with Crippen LogP contribution in [0.25, 0.3) is 0 Å². The van der Waals surface area contributed by atoms with Crippen LogP contribution < -0.4 is 10.5 Å². The van der Waals surface area contributed by atoms with Crippen molar-refractivity contribution in [2.45, 2.75) is 11.4 Å². The van der Waals surface area contributed by atoms with E-state index in [4.69, 9.17) is 28.9 Å². The van der Waals surface area contributed by atoms with Crippen LogP contribution in [0.4, 0.5) is 5.69 Å². The minimum Gasteiger partial charge on any atom is -0.398 e. The Hall–Kier alpha value is -1.27. The molecular formula is C13H12Cl2N2O2S. The van der Waals surface area contributed by atoms with E-state index < -0.39 is 10.0 Å². The second-order valence-corrected chi connectivity index (χ2v) is 6.68. The van der Waals surface area contributed by atoms with Gasteiger partial charge in [0.2, 0.25) is 10.0 Å². The van der Waals surface area contributed by atoms with Gasteiger partial charge in [-0.3, -0.25) is 0 Å². The lowest BCUT2D eigenvalue weighted by molar-refractivity contribution is 0.582. The Balaban J connectivity index is 2.22. The molecule has 2 aromatic rings. The molecule has 20 heavy (non-hydrogen) atoms. The molecule has 0 fully saturated rings. The topological polar surface area (TPSA) is 72.2 Å². The quantitative estimate of drug-likeness (QED) is 0.846. The van der Waals surface area contributed by atoms with Gasteiger partial charge < -0.3 is 5.73 Å². The highest BCUT2D eigenvalue weighted by atomic mass is 35.5. The summed E-state index contributed by atoms with van der Waals surface area (Å²) in [6.45, 7) is 0.0874. The van der Waals surface area contributed by atoms with Gasteiger partial charge in [-0.15, -0.1) is 0 Å². The molecule has 0 radical (unpaired) electrons. The van der Waals surface area contributed by atoms with Gasteiger partial charge in [0.05, 0.1) is 5.69 Å². The standard InChI is InChI=1S/C13H12Cl2N2O2S/c14-10-5-6-13(12(16)7-10)20(18,19)17-8-9-3-1-2-4-11(9)15/h1-7,17H,8,16H2. The number of sulfonamides is 1. The number of anilines is 1. The number of benzene rings is 2. The molecular weight excluding hydrogens is 319 g/mol. The van der Waals surface area contributed by atoms with E-state index in [-0.39, 0.29) is 17.1 Å². The molecule has 0 saturated carbocycles. The van der Waals surface area contributed by atoms with Crippen molar-refractivity contribution in [1.82, 2.24) is 4.72 Å². The molecule has 0 unspecified atom stereocenters. The van der Waals surface area contributed by atoms with Gasteiger partial charge in [0.1, 0.15) is 4.90 Å². The van der Waals surface area contributed by atoms with Gasteiger partial charge in [-0.2, -0.15) is 0 Å². The van der Waals surface area contributed by atoms with Crippen molar-refractivity contribution in [1.29, 1.82) is 0 Å². The highest BCUT2D eigenvalue weighted by Gasteiger charge is 2.17. The SMILES string of the molecule is Nc1cc(Cl)ccc1S(=O)(=O)NCc1ccccc1Cl. The first-order valence-corrected chi connectivity index (χ1v) is 7.92. The molecule has 0 saturated heterocycles. The number of rotatable bonds is 4. The zero-order valence-corrected chi connectivity index (χ0v) is 12.6. The first-order chi connectivity index (χ1) is 9.40. The molecule has 0 aliphatic rings. The van der Waals surface area contributed by atoms with Crippen LogP contribution in [0, 0.1) is 0 Å². The summed E-state index contributed by atoms with van der Waals surface area (Å²) in [5.74, 6) is 0. The third-order valence-corrected chi connectivity index (χ3v) is 4.75. The van der Waals surface area contributed by atoms with Crippen LogP contribution in [0.2, 0.25) is 10.0 Å². The van der Waals surface area contributed by atoms with Crippen LogP contribution in [0.1, 0.15) is 5.56 Å². The molecule has 0 bridgehead atoms. The Bertz CT molecular complexity index is 733. The first kappa shape index (κ1) is 15.1. The average Bonchev–Trinajstić information content (AvgIpc) is 2.37. The molecule has 4 nitrogen and oxygen atoms in total. The van der Waals surface area contributed by atoms with E-state index in [0.717, 1.165) is 0 Å². The second-order valence-electron chi connectivity index (χ2n) is 4.10. The van der Waals surface area contributed by atoms with Gasteiger partial charge in [0.15, 0.2) is 0 Å². The molecule has 0 aliphatic heterocycles. The van der Waals surface area contributed by atoms with Crippen LogP contribution in [-0.4, -0.2) is 8.42 Å². The van der Waals surface area contributed by atoms with Gasteiger partial charge in [-0.25, -0.2) is 13.1 Å². The van der Waals surface area contributed by atoms with E-state index in [1.54, 1.807) is 24.3 Å². The van der Waals surface area contributed by atoms with Crippen molar-refractivity contribution in [2.75, 3.05) is 5.73 Å². The molecule has 0 atom stereocenters. The van der Waals surface area contributed by atoms with Crippen LogP contribution in [0.5, 0.6) is 0 Å². The van der Waals surface area contributed by atoms with E-state index in [1.807, 2.05) is 0 Å². The summed E-state index contributed by atoms with van der Waals surface area (Å²) in [7, 11) is -3.71. The minimum absolute atomic E-state index is 0.00560. The van der Waals surface area contributed by atoms with Crippen molar-refractivity contribution >= 4 is 38.9 Å². The summed E-state index contributed by atoms with van der Waals surface area (Å²) >= 11 is 11.7. The second kappa shape index (κ2) is 6.01. The Morgan fingerprint density at radius 1 is 1.10 bits per heavy atom. The van der Waals surface area contributed by atoms with Gasteiger partial charge >= 0.3 is 0 Å². The lowest BCUT2D eigenvalue weighted by atomic mass is 10.2. The summed E-state index contributed by atoms with van der Waals surface area (Å²) in [5, 5.41) is 0.881. The molecule has 0 aliphatic carbocycles. The van der Waals surface area contributed by atoms with Crippen molar-refractivity contribution in [3.05, 3.63) is 58.1 Å². The summed E-state index contributed by atoms with van der Waals surface area (Å²) in [6.07, 6.45) is 0. The number of nitrogens with one attached hydrogen (secondary N) is 1. The van der Waals surface area contributed by atoms with Gasteiger partial charge in [-0.1, -0.05) is 41.4 Å². The lowest BCUT2D eigenvalue weighted by Crippen LogP contribution is -2.24. The molecule has 2 rings (SSSR count). The average molecular weight is 331 g/mol. The van der Waals surface area contributed by atoms with Crippen molar-refractivity contribution in [3.8, 4) is 0 Å². The third kappa shape index (κ3) is 3.43. The summed E-state index contributed by atoms with van der Waals surface area (Å²) in [6, 6.07) is 11.2.